The van der Waals surface area contributed by atoms with E-state index in [4.69, 9.17) is 4.74 Å². The van der Waals surface area contributed by atoms with Crippen LogP contribution in [-0.4, -0.2) is 17.5 Å². The lowest BCUT2D eigenvalue weighted by Gasteiger charge is -2.13. The Morgan fingerprint density at radius 2 is 1.89 bits per heavy atom. The lowest BCUT2D eigenvalue weighted by molar-refractivity contribution is -0.118. The highest BCUT2D eigenvalue weighted by Gasteiger charge is 2.15. The number of benzene rings is 2. The van der Waals surface area contributed by atoms with Gasteiger partial charge in [0, 0.05) is 14.9 Å². The molecule has 0 saturated carbocycles. The summed E-state index contributed by atoms with van der Waals surface area (Å²) in [6.07, 6.45) is 0.858. The van der Waals surface area contributed by atoms with Crippen LogP contribution >= 0.6 is 27.3 Å². The van der Waals surface area contributed by atoms with Crippen molar-refractivity contribution < 1.29 is 9.53 Å². The zero-order valence-electron chi connectivity index (χ0n) is 16.2. The molecule has 3 aromatic rings. The minimum Gasteiger partial charge on any atom is -0.483 e. The Bertz CT molecular complexity index is 951. The highest BCUT2D eigenvalue weighted by atomic mass is 79.9. The van der Waals surface area contributed by atoms with Gasteiger partial charge in [0.1, 0.15) is 5.75 Å². The fourth-order valence-corrected chi connectivity index (χ4v) is 4.07. The fourth-order valence-electron chi connectivity index (χ4n) is 2.87. The van der Waals surface area contributed by atoms with E-state index in [1.54, 1.807) is 0 Å². The summed E-state index contributed by atoms with van der Waals surface area (Å²) in [7, 11) is 0. The van der Waals surface area contributed by atoms with Crippen LogP contribution in [0.15, 0.2) is 53.0 Å². The molecule has 146 valence electrons. The van der Waals surface area contributed by atoms with Gasteiger partial charge in [-0.15, -0.1) is 11.3 Å². The Morgan fingerprint density at radius 3 is 2.57 bits per heavy atom. The lowest BCUT2D eigenvalue weighted by atomic mass is 10.0. The van der Waals surface area contributed by atoms with Crippen LogP contribution in [0.4, 0.5) is 5.13 Å². The Morgan fingerprint density at radius 1 is 1.18 bits per heavy atom. The SMILES string of the molecule is CCc1sc(NC(=O)COc2ccccc2C(C)C)nc1-c1ccc(Br)cc1. The average Bonchev–Trinajstić information content (AvgIpc) is 3.09. The molecule has 0 spiro atoms. The smallest absolute Gasteiger partial charge is 0.264 e. The summed E-state index contributed by atoms with van der Waals surface area (Å²) in [6.45, 7) is 6.26. The second-order valence-electron chi connectivity index (χ2n) is 6.68. The van der Waals surface area contributed by atoms with Crippen molar-refractivity contribution in [3.8, 4) is 17.0 Å². The molecule has 1 aromatic heterocycles. The minimum atomic E-state index is -0.211. The number of anilines is 1. The number of hydrogen-bond donors (Lipinski definition) is 1. The van der Waals surface area contributed by atoms with Crippen LogP contribution in [0.2, 0.25) is 0 Å². The molecular formula is C22H23BrN2O2S. The van der Waals surface area contributed by atoms with Crippen molar-refractivity contribution in [2.45, 2.75) is 33.1 Å². The van der Waals surface area contributed by atoms with Crippen LogP contribution < -0.4 is 10.1 Å². The fraction of sp³-hybridized carbons (Fsp3) is 0.273. The third-order valence-corrected chi connectivity index (χ3v) is 5.93. The van der Waals surface area contributed by atoms with Crippen LogP contribution in [-0.2, 0) is 11.2 Å². The first-order valence-corrected chi connectivity index (χ1v) is 10.9. The van der Waals surface area contributed by atoms with Crippen molar-refractivity contribution >= 4 is 38.3 Å². The summed E-state index contributed by atoms with van der Waals surface area (Å²) < 4.78 is 6.78. The van der Waals surface area contributed by atoms with Crippen molar-refractivity contribution in [2.24, 2.45) is 0 Å². The molecule has 4 nitrogen and oxygen atoms in total. The van der Waals surface area contributed by atoms with Crippen molar-refractivity contribution in [3.05, 3.63) is 63.4 Å². The van der Waals surface area contributed by atoms with Gasteiger partial charge in [0.05, 0.1) is 5.69 Å². The Hall–Kier alpha value is -2.18. The number of aryl methyl sites for hydroxylation is 1. The maximum atomic E-state index is 12.4. The van der Waals surface area contributed by atoms with Crippen LogP contribution in [0.3, 0.4) is 0 Å². The van der Waals surface area contributed by atoms with Gasteiger partial charge < -0.3 is 4.74 Å². The number of rotatable bonds is 7. The van der Waals surface area contributed by atoms with E-state index in [9.17, 15) is 4.79 Å². The van der Waals surface area contributed by atoms with Gasteiger partial charge in [-0.1, -0.05) is 67.0 Å². The molecule has 0 radical (unpaired) electrons. The molecule has 0 saturated heterocycles. The number of nitrogens with one attached hydrogen (secondary N) is 1. The molecule has 1 N–H and O–H groups in total. The average molecular weight is 459 g/mol. The van der Waals surface area contributed by atoms with Gasteiger partial charge in [0.15, 0.2) is 11.7 Å². The van der Waals surface area contributed by atoms with E-state index >= 15 is 0 Å². The van der Waals surface area contributed by atoms with E-state index in [0.717, 1.165) is 38.3 Å². The Balaban J connectivity index is 1.69. The largest absolute Gasteiger partial charge is 0.483 e. The second kappa shape index (κ2) is 9.34. The molecular weight excluding hydrogens is 436 g/mol. The zero-order chi connectivity index (χ0) is 20.1. The Labute approximate surface area is 178 Å². The summed E-state index contributed by atoms with van der Waals surface area (Å²) in [6, 6.07) is 15.8. The molecule has 28 heavy (non-hydrogen) atoms. The van der Waals surface area contributed by atoms with Crippen molar-refractivity contribution in [1.29, 1.82) is 0 Å². The molecule has 1 heterocycles. The molecule has 0 fully saturated rings. The molecule has 0 aliphatic rings. The third-order valence-electron chi connectivity index (χ3n) is 4.28. The lowest BCUT2D eigenvalue weighted by Crippen LogP contribution is -2.20. The number of ether oxygens (including phenoxy) is 1. The van der Waals surface area contributed by atoms with E-state index < -0.39 is 0 Å². The van der Waals surface area contributed by atoms with E-state index in [1.807, 2.05) is 48.5 Å². The van der Waals surface area contributed by atoms with E-state index in [0.29, 0.717) is 11.0 Å². The summed E-state index contributed by atoms with van der Waals surface area (Å²) in [5.41, 5.74) is 3.05. The van der Waals surface area contributed by atoms with E-state index in [1.165, 1.54) is 11.3 Å². The topological polar surface area (TPSA) is 51.2 Å². The maximum Gasteiger partial charge on any atom is 0.264 e. The van der Waals surface area contributed by atoms with Gasteiger partial charge in [-0.25, -0.2) is 4.98 Å². The number of carbonyl (C=O) groups is 1. The summed E-state index contributed by atoms with van der Waals surface area (Å²) in [5, 5.41) is 3.47. The highest BCUT2D eigenvalue weighted by Crippen LogP contribution is 2.32. The number of aromatic nitrogens is 1. The number of thiazole rings is 1. The quantitative estimate of drug-likeness (QED) is 0.453. The van der Waals surface area contributed by atoms with E-state index in [-0.39, 0.29) is 12.5 Å². The molecule has 6 heteroatoms. The van der Waals surface area contributed by atoms with Crippen molar-refractivity contribution in [3.63, 3.8) is 0 Å². The van der Waals surface area contributed by atoms with Crippen molar-refractivity contribution in [1.82, 2.24) is 4.98 Å². The monoisotopic (exact) mass is 458 g/mol. The normalized spacial score (nSPS) is 10.9. The zero-order valence-corrected chi connectivity index (χ0v) is 18.6. The van der Waals surface area contributed by atoms with Crippen LogP contribution in [0.5, 0.6) is 5.75 Å². The molecule has 1 amide bonds. The predicted molar refractivity (Wildman–Crippen MR) is 119 cm³/mol. The van der Waals surface area contributed by atoms with Crippen LogP contribution in [0, 0.1) is 0 Å². The molecule has 3 rings (SSSR count). The molecule has 0 bridgehead atoms. The number of halogens is 1. The molecule has 0 aliphatic carbocycles. The minimum absolute atomic E-state index is 0.0433. The molecule has 2 aromatic carbocycles. The number of carbonyl (C=O) groups excluding carboxylic acids is 1. The van der Waals surface area contributed by atoms with Crippen molar-refractivity contribution in [2.75, 3.05) is 11.9 Å². The van der Waals surface area contributed by atoms with E-state index in [2.05, 4.69) is 47.0 Å². The van der Waals surface area contributed by atoms with Gasteiger partial charge >= 0.3 is 0 Å². The first-order chi connectivity index (χ1) is 13.5. The molecule has 0 atom stereocenters. The number of para-hydroxylation sites is 1. The van der Waals surface area contributed by atoms with Gasteiger partial charge in [-0.3, -0.25) is 10.1 Å². The Kier molecular flexibility index (Phi) is 6.86. The highest BCUT2D eigenvalue weighted by molar-refractivity contribution is 9.10. The van der Waals surface area contributed by atoms with Gasteiger partial charge in [-0.2, -0.15) is 0 Å². The van der Waals surface area contributed by atoms with Crippen LogP contribution in [0.25, 0.3) is 11.3 Å². The first-order valence-electron chi connectivity index (χ1n) is 9.25. The maximum absolute atomic E-state index is 12.4. The van der Waals surface area contributed by atoms with Gasteiger partial charge in [0.2, 0.25) is 0 Å². The number of hydrogen-bond acceptors (Lipinski definition) is 4. The molecule has 0 unspecified atom stereocenters. The van der Waals surface area contributed by atoms with Crippen LogP contribution in [0.1, 0.15) is 37.1 Å². The number of amides is 1. The standard InChI is InChI=1S/C22H23BrN2O2S/c1-4-19-21(15-9-11-16(23)12-10-15)25-22(28-19)24-20(26)13-27-18-8-6-5-7-17(18)14(2)3/h5-12,14H,4,13H2,1-3H3,(H,24,25,26). The summed E-state index contributed by atoms with van der Waals surface area (Å²) in [4.78, 5) is 18.2. The number of nitrogens with zero attached hydrogens (tertiary/aromatic N) is 1. The molecule has 0 aliphatic heterocycles. The van der Waals surface area contributed by atoms with Gasteiger partial charge in [-0.05, 0) is 36.1 Å². The summed E-state index contributed by atoms with van der Waals surface area (Å²) in [5.74, 6) is 0.868. The predicted octanol–water partition coefficient (Wildman–Crippen LogP) is 6.28. The second-order valence-corrected chi connectivity index (χ2v) is 8.68. The third kappa shape index (κ3) is 5.00. The summed E-state index contributed by atoms with van der Waals surface area (Å²) >= 11 is 4.96. The first kappa shape index (κ1) is 20.6. The van der Waals surface area contributed by atoms with Gasteiger partial charge in [0.25, 0.3) is 5.91 Å².